The van der Waals surface area contributed by atoms with Gasteiger partial charge >= 0.3 is 0 Å². The van der Waals surface area contributed by atoms with Crippen LogP contribution in [0.2, 0.25) is 0 Å². The van der Waals surface area contributed by atoms with Crippen LogP contribution in [0.15, 0.2) is 35.7 Å². The van der Waals surface area contributed by atoms with E-state index in [1.807, 2.05) is 29.5 Å². The average molecular weight is 403 g/mol. The van der Waals surface area contributed by atoms with Crippen LogP contribution in [0.5, 0.6) is 11.5 Å². The predicted octanol–water partition coefficient (Wildman–Crippen LogP) is 3.73. The molecule has 1 aromatic heterocycles. The molecular formula is C22H30N2O3S. The van der Waals surface area contributed by atoms with E-state index in [0.29, 0.717) is 24.5 Å². The van der Waals surface area contributed by atoms with Crippen molar-refractivity contribution in [2.75, 3.05) is 33.9 Å². The smallest absolute Gasteiger partial charge is 0.220 e. The first-order valence-electron chi connectivity index (χ1n) is 9.91. The fourth-order valence-electron chi connectivity index (χ4n) is 3.72. The highest BCUT2D eigenvalue weighted by Gasteiger charge is 2.20. The normalized spacial score (nSPS) is 15.4. The number of nitrogens with one attached hydrogen (secondary N) is 1. The fraction of sp³-hybridized carbons (Fsp3) is 0.500. The highest BCUT2D eigenvalue weighted by Crippen LogP contribution is 2.31. The van der Waals surface area contributed by atoms with Crippen LogP contribution in [0.4, 0.5) is 0 Å². The largest absolute Gasteiger partial charge is 0.493 e. The van der Waals surface area contributed by atoms with Crippen LogP contribution in [-0.2, 0) is 17.8 Å². The number of aryl methyl sites for hydroxylation is 1. The second-order valence-corrected chi connectivity index (χ2v) is 8.29. The van der Waals surface area contributed by atoms with E-state index in [0.717, 1.165) is 50.3 Å². The molecule has 2 heterocycles. The molecule has 0 radical (unpaired) electrons. The van der Waals surface area contributed by atoms with E-state index < -0.39 is 0 Å². The molecule has 1 aliphatic heterocycles. The fourth-order valence-corrected chi connectivity index (χ4v) is 4.46. The van der Waals surface area contributed by atoms with Gasteiger partial charge in [0, 0.05) is 24.4 Å². The number of rotatable bonds is 9. The van der Waals surface area contributed by atoms with E-state index in [-0.39, 0.29) is 5.91 Å². The Morgan fingerprint density at radius 2 is 2.00 bits per heavy atom. The van der Waals surface area contributed by atoms with Crippen molar-refractivity contribution in [2.24, 2.45) is 5.92 Å². The maximum absolute atomic E-state index is 12.3. The SMILES string of the molecule is COc1cccc(CCC(=O)NCC2CCN(Cc3cccs3)CC2)c1OC. The predicted molar refractivity (Wildman–Crippen MR) is 113 cm³/mol. The molecule has 0 bridgehead atoms. The van der Waals surface area contributed by atoms with E-state index in [2.05, 4.69) is 27.7 Å². The topological polar surface area (TPSA) is 50.8 Å². The lowest BCUT2D eigenvalue weighted by Gasteiger charge is -2.31. The molecule has 1 amide bonds. The molecule has 2 aromatic rings. The first-order chi connectivity index (χ1) is 13.7. The van der Waals surface area contributed by atoms with Crippen LogP contribution in [0.3, 0.4) is 0 Å². The second-order valence-electron chi connectivity index (χ2n) is 7.26. The van der Waals surface area contributed by atoms with Crippen LogP contribution >= 0.6 is 11.3 Å². The number of carbonyl (C=O) groups excluding carboxylic acids is 1. The third kappa shape index (κ3) is 5.72. The van der Waals surface area contributed by atoms with Gasteiger partial charge in [0.1, 0.15) is 0 Å². The van der Waals surface area contributed by atoms with Gasteiger partial charge in [-0.2, -0.15) is 0 Å². The van der Waals surface area contributed by atoms with Crippen LogP contribution in [0.1, 0.15) is 29.7 Å². The zero-order valence-corrected chi connectivity index (χ0v) is 17.6. The number of benzene rings is 1. The summed E-state index contributed by atoms with van der Waals surface area (Å²) >= 11 is 1.82. The van der Waals surface area contributed by atoms with Crippen molar-refractivity contribution in [1.29, 1.82) is 0 Å². The Labute approximate surface area is 171 Å². The minimum absolute atomic E-state index is 0.103. The molecule has 0 unspecified atom stereocenters. The molecule has 1 fully saturated rings. The van der Waals surface area contributed by atoms with E-state index in [4.69, 9.17) is 9.47 Å². The van der Waals surface area contributed by atoms with Crippen molar-refractivity contribution in [3.8, 4) is 11.5 Å². The number of likely N-dealkylation sites (tertiary alicyclic amines) is 1. The summed E-state index contributed by atoms with van der Waals surface area (Å²) in [5.41, 5.74) is 0.999. The zero-order chi connectivity index (χ0) is 19.8. The van der Waals surface area contributed by atoms with Crippen LogP contribution in [0, 0.1) is 5.92 Å². The molecule has 1 N–H and O–H groups in total. The summed E-state index contributed by atoms with van der Waals surface area (Å²) in [5, 5.41) is 5.26. The standard InChI is InChI=1S/C22H30N2O3S/c1-26-20-7-3-5-18(22(20)27-2)8-9-21(25)23-15-17-10-12-24(13-11-17)16-19-6-4-14-28-19/h3-7,14,17H,8-13,15-16H2,1-2H3,(H,23,25). The van der Waals surface area contributed by atoms with Gasteiger partial charge in [0.25, 0.3) is 0 Å². The van der Waals surface area contributed by atoms with Crippen molar-refractivity contribution in [3.05, 3.63) is 46.2 Å². The van der Waals surface area contributed by atoms with Crippen LogP contribution in [0.25, 0.3) is 0 Å². The molecule has 0 saturated carbocycles. The molecular weight excluding hydrogens is 372 g/mol. The first-order valence-corrected chi connectivity index (χ1v) is 10.8. The average Bonchev–Trinajstić information content (AvgIpc) is 3.24. The lowest BCUT2D eigenvalue weighted by atomic mass is 9.96. The minimum Gasteiger partial charge on any atom is -0.493 e. The number of nitrogens with zero attached hydrogens (tertiary/aromatic N) is 1. The highest BCUT2D eigenvalue weighted by atomic mass is 32.1. The monoisotopic (exact) mass is 402 g/mol. The van der Waals surface area contributed by atoms with E-state index >= 15 is 0 Å². The maximum atomic E-state index is 12.3. The number of amides is 1. The van der Waals surface area contributed by atoms with Gasteiger partial charge in [-0.3, -0.25) is 9.69 Å². The highest BCUT2D eigenvalue weighted by molar-refractivity contribution is 7.09. The van der Waals surface area contributed by atoms with Gasteiger partial charge in [-0.15, -0.1) is 11.3 Å². The summed E-state index contributed by atoms with van der Waals surface area (Å²) in [6, 6.07) is 10.1. The molecule has 28 heavy (non-hydrogen) atoms. The Kier molecular flexibility index (Phi) is 7.74. The number of carbonyl (C=O) groups is 1. The number of hydrogen-bond donors (Lipinski definition) is 1. The van der Waals surface area contributed by atoms with Gasteiger partial charge in [-0.05, 0) is 61.3 Å². The number of para-hydroxylation sites is 1. The van der Waals surface area contributed by atoms with Gasteiger partial charge in [0.2, 0.25) is 5.91 Å². The molecule has 1 aromatic carbocycles. The molecule has 6 heteroatoms. The Bertz CT molecular complexity index is 740. The first kappa shape index (κ1) is 20.7. The molecule has 152 valence electrons. The third-order valence-corrected chi connectivity index (χ3v) is 6.22. The molecule has 1 saturated heterocycles. The van der Waals surface area contributed by atoms with Crippen molar-refractivity contribution in [3.63, 3.8) is 0 Å². The lowest BCUT2D eigenvalue weighted by Crippen LogP contribution is -2.38. The summed E-state index contributed by atoms with van der Waals surface area (Å²) in [7, 11) is 3.26. The summed E-state index contributed by atoms with van der Waals surface area (Å²) in [6.07, 6.45) is 3.40. The molecule has 0 aliphatic carbocycles. The molecule has 0 atom stereocenters. The van der Waals surface area contributed by atoms with Gasteiger partial charge in [0.15, 0.2) is 11.5 Å². The van der Waals surface area contributed by atoms with Gasteiger partial charge in [-0.1, -0.05) is 18.2 Å². The van der Waals surface area contributed by atoms with Gasteiger partial charge in [0.05, 0.1) is 14.2 Å². The quantitative estimate of drug-likeness (QED) is 0.694. The van der Waals surface area contributed by atoms with Crippen LogP contribution in [-0.4, -0.2) is 44.7 Å². The summed E-state index contributed by atoms with van der Waals surface area (Å²) in [4.78, 5) is 16.2. The molecule has 5 nitrogen and oxygen atoms in total. The summed E-state index contributed by atoms with van der Waals surface area (Å²) < 4.78 is 10.8. The Morgan fingerprint density at radius 1 is 1.18 bits per heavy atom. The van der Waals surface area contributed by atoms with Crippen molar-refractivity contribution < 1.29 is 14.3 Å². The molecule has 1 aliphatic rings. The van der Waals surface area contributed by atoms with Gasteiger partial charge in [-0.25, -0.2) is 0 Å². The van der Waals surface area contributed by atoms with Crippen molar-refractivity contribution >= 4 is 17.2 Å². The van der Waals surface area contributed by atoms with Crippen molar-refractivity contribution in [2.45, 2.75) is 32.2 Å². The number of ether oxygens (including phenoxy) is 2. The van der Waals surface area contributed by atoms with E-state index in [1.54, 1.807) is 14.2 Å². The maximum Gasteiger partial charge on any atom is 0.220 e. The van der Waals surface area contributed by atoms with E-state index in [1.165, 1.54) is 4.88 Å². The summed E-state index contributed by atoms with van der Waals surface area (Å²) in [6.45, 7) is 4.05. The Balaban J connectivity index is 1.37. The molecule has 3 rings (SSSR count). The third-order valence-electron chi connectivity index (χ3n) is 5.36. The minimum atomic E-state index is 0.103. The lowest BCUT2D eigenvalue weighted by molar-refractivity contribution is -0.121. The second kappa shape index (κ2) is 10.5. The number of piperidine rings is 1. The Hall–Kier alpha value is -2.05. The number of hydrogen-bond acceptors (Lipinski definition) is 5. The van der Waals surface area contributed by atoms with Crippen molar-refractivity contribution in [1.82, 2.24) is 10.2 Å². The van der Waals surface area contributed by atoms with Gasteiger partial charge < -0.3 is 14.8 Å². The zero-order valence-electron chi connectivity index (χ0n) is 16.8. The molecule has 0 spiro atoms. The van der Waals surface area contributed by atoms with E-state index in [9.17, 15) is 4.79 Å². The van der Waals surface area contributed by atoms with Crippen LogP contribution < -0.4 is 14.8 Å². The number of thiophene rings is 1. The Morgan fingerprint density at radius 3 is 2.68 bits per heavy atom. The summed E-state index contributed by atoms with van der Waals surface area (Å²) in [5.74, 6) is 2.10. The number of methoxy groups -OCH3 is 2.